The number of hydrogen-bond donors (Lipinski definition) is 1. The Balaban J connectivity index is 1.57. The maximum Gasteiger partial charge on any atom is 0.418 e. The van der Waals surface area contributed by atoms with E-state index in [0.717, 1.165) is 25.3 Å². The summed E-state index contributed by atoms with van der Waals surface area (Å²) in [6.07, 6.45) is -1.45. The summed E-state index contributed by atoms with van der Waals surface area (Å²) in [5, 5.41) is 2.25. The van der Waals surface area contributed by atoms with Gasteiger partial charge >= 0.3 is 6.18 Å². The zero-order valence-electron chi connectivity index (χ0n) is 16.6. The molecule has 2 aromatic rings. The summed E-state index contributed by atoms with van der Waals surface area (Å²) in [5.74, 6) is -0.541. The number of ether oxygens (including phenoxy) is 1. The van der Waals surface area contributed by atoms with Crippen LogP contribution in [-0.2, 0) is 28.6 Å². The summed E-state index contributed by atoms with van der Waals surface area (Å²) in [6.45, 7) is 1.29. The van der Waals surface area contributed by atoms with Crippen molar-refractivity contribution in [3.8, 4) is 5.75 Å². The number of carbonyl (C=O) groups is 2. The molecule has 8 heteroatoms. The SMILES string of the molecule is CCN(CC(=O)Nc1ccccc1C(F)(F)F)C(=O)COc1ccc2c(c1)CCC2. The molecule has 30 heavy (non-hydrogen) atoms. The number of halogens is 3. The monoisotopic (exact) mass is 420 g/mol. The van der Waals surface area contributed by atoms with E-state index in [0.29, 0.717) is 5.75 Å². The van der Waals surface area contributed by atoms with E-state index in [1.807, 2.05) is 18.2 Å². The number of para-hydroxylation sites is 1. The molecular formula is C22H23F3N2O3. The average Bonchev–Trinajstić information content (AvgIpc) is 3.17. The number of aryl methyl sites for hydroxylation is 2. The zero-order valence-corrected chi connectivity index (χ0v) is 16.6. The molecule has 0 heterocycles. The van der Waals surface area contributed by atoms with Crippen molar-refractivity contribution in [2.45, 2.75) is 32.4 Å². The van der Waals surface area contributed by atoms with Crippen LogP contribution in [0.25, 0.3) is 0 Å². The van der Waals surface area contributed by atoms with Gasteiger partial charge in [-0.15, -0.1) is 0 Å². The first-order valence-electron chi connectivity index (χ1n) is 9.76. The van der Waals surface area contributed by atoms with Gasteiger partial charge in [0.15, 0.2) is 6.61 Å². The Morgan fingerprint density at radius 2 is 1.83 bits per heavy atom. The zero-order chi connectivity index (χ0) is 21.7. The minimum Gasteiger partial charge on any atom is -0.484 e. The fourth-order valence-corrected chi connectivity index (χ4v) is 3.45. The van der Waals surface area contributed by atoms with Crippen molar-refractivity contribution >= 4 is 17.5 Å². The Morgan fingerprint density at radius 3 is 2.57 bits per heavy atom. The fourth-order valence-electron chi connectivity index (χ4n) is 3.45. The first-order chi connectivity index (χ1) is 14.3. The van der Waals surface area contributed by atoms with Crippen LogP contribution in [0.15, 0.2) is 42.5 Å². The van der Waals surface area contributed by atoms with Gasteiger partial charge in [-0.1, -0.05) is 18.2 Å². The van der Waals surface area contributed by atoms with Crippen LogP contribution in [0.5, 0.6) is 5.75 Å². The second-order valence-corrected chi connectivity index (χ2v) is 7.07. The number of rotatable bonds is 7. The third kappa shape index (κ3) is 5.31. The molecule has 1 N–H and O–H groups in total. The predicted octanol–water partition coefficient (Wildman–Crippen LogP) is 4.06. The third-order valence-electron chi connectivity index (χ3n) is 5.01. The van der Waals surface area contributed by atoms with Gasteiger partial charge in [-0.3, -0.25) is 9.59 Å². The second-order valence-electron chi connectivity index (χ2n) is 7.07. The number of likely N-dealkylation sites (N-methyl/N-ethyl adjacent to an activating group) is 1. The highest BCUT2D eigenvalue weighted by molar-refractivity contribution is 5.95. The van der Waals surface area contributed by atoms with Crippen molar-refractivity contribution in [2.75, 3.05) is 25.0 Å². The quantitative estimate of drug-likeness (QED) is 0.735. The van der Waals surface area contributed by atoms with E-state index >= 15 is 0 Å². The van der Waals surface area contributed by atoms with Crippen molar-refractivity contribution in [2.24, 2.45) is 0 Å². The highest BCUT2D eigenvalue weighted by Gasteiger charge is 2.33. The van der Waals surface area contributed by atoms with Gasteiger partial charge in [-0.05, 0) is 61.6 Å². The summed E-state index contributed by atoms with van der Waals surface area (Å²) in [6, 6.07) is 10.4. The molecule has 0 unspecified atom stereocenters. The van der Waals surface area contributed by atoms with Crippen molar-refractivity contribution in [3.63, 3.8) is 0 Å². The number of hydrogen-bond acceptors (Lipinski definition) is 3. The highest BCUT2D eigenvalue weighted by atomic mass is 19.4. The van der Waals surface area contributed by atoms with E-state index in [9.17, 15) is 22.8 Å². The van der Waals surface area contributed by atoms with Gasteiger partial charge < -0.3 is 15.0 Å². The van der Waals surface area contributed by atoms with Gasteiger partial charge in [-0.2, -0.15) is 13.2 Å². The van der Waals surface area contributed by atoms with Crippen LogP contribution in [-0.4, -0.2) is 36.4 Å². The van der Waals surface area contributed by atoms with Crippen LogP contribution in [0, 0.1) is 0 Å². The molecule has 1 aliphatic carbocycles. The van der Waals surface area contributed by atoms with Crippen molar-refractivity contribution in [1.82, 2.24) is 4.90 Å². The average molecular weight is 420 g/mol. The predicted molar refractivity (Wildman–Crippen MR) is 106 cm³/mol. The summed E-state index contributed by atoms with van der Waals surface area (Å²) < 4.78 is 44.8. The molecular weight excluding hydrogens is 397 g/mol. The minimum absolute atomic E-state index is 0.223. The largest absolute Gasteiger partial charge is 0.484 e. The molecule has 5 nitrogen and oxygen atoms in total. The molecule has 1 aliphatic rings. The lowest BCUT2D eigenvalue weighted by Gasteiger charge is -2.21. The van der Waals surface area contributed by atoms with Gasteiger partial charge in [0.25, 0.3) is 5.91 Å². The number of nitrogens with one attached hydrogen (secondary N) is 1. The maximum atomic E-state index is 13.1. The molecule has 0 bridgehead atoms. The Kier molecular flexibility index (Phi) is 6.64. The number of alkyl halides is 3. The van der Waals surface area contributed by atoms with Gasteiger partial charge in [0.05, 0.1) is 17.8 Å². The Labute approximate surface area is 172 Å². The van der Waals surface area contributed by atoms with E-state index < -0.39 is 23.6 Å². The van der Waals surface area contributed by atoms with Gasteiger partial charge in [0, 0.05) is 6.54 Å². The molecule has 3 rings (SSSR count). The van der Waals surface area contributed by atoms with Crippen LogP contribution >= 0.6 is 0 Å². The number of benzene rings is 2. The van der Waals surface area contributed by atoms with E-state index in [1.165, 1.54) is 34.2 Å². The first kappa shape index (κ1) is 21.7. The summed E-state index contributed by atoms with van der Waals surface area (Å²) in [4.78, 5) is 25.9. The standard InChI is InChI=1S/C22H23F3N2O3/c1-2-27(13-20(28)26-19-9-4-3-8-18(19)22(23,24)25)21(29)14-30-17-11-10-15-6-5-7-16(15)12-17/h3-4,8-12H,2,5-7,13-14H2,1H3,(H,26,28). The van der Waals surface area contributed by atoms with Crippen molar-refractivity contribution < 1.29 is 27.5 Å². The van der Waals surface area contributed by atoms with E-state index in [4.69, 9.17) is 4.74 Å². The smallest absolute Gasteiger partial charge is 0.418 e. The van der Waals surface area contributed by atoms with Gasteiger partial charge in [0.1, 0.15) is 5.75 Å². The summed E-state index contributed by atoms with van der Waals surface area (Å²) in [7, 11) is 0. The molecule has 0 aromatic heterocycles. The van der Waals surface area contributed by atoms with Crippen LogP contribution in [0.4, 0.5) is 18.9 Å². The number of anilines is 1. The highest BCUT2D eigenvalue weighted by Crippen LogP contribution is 2.34. The van der Waals surface area contributed by atoms with Crippen LogP contribution in [0.2, 0.25) is 0 Å². The first-order valence-corrected chi connectivity index (χ1v) is 9.76. The topological polar surface area (TPSA) is 58.6 Å². The van der Waals surface area contributed by atoms with Gasteiger partial charge in [0.2, 0.25) is 5.91 Å². The van der Waals surface area contributed by atoms with E-state index in [1.54, 1.807) is 6.92 Å². The molecule has 160 valence electrons. The minimum atomic E-state index is -4.59. The second kappa shape index (κ2) is 9.19. The molecule has 0 fully saturated rings. The molecule has 0 saturated heterocycles. The van der Waals surface area contributed by atoms with Crippen LogP contribution in [0.3, 0.4) is 0 Å². The molecule has 2 aromatic carbocycles. The van der Waals surface area contributed by atoms with Crippen LogP contribution in [0.1, 0.15) is 30.0 Å². The molecule has 0 saturated carbocycles. The Morgan fingerprint density at radius 1 is 1.10 bits per heavy atom. The maximum absolute atomic E-state index is 13.1. The third-order valence-corrected chi connectivity index (χ3v) is 5.01. The van der Waals surface area contributed by atoms with Crippen molar-refractivity contribution in [3.05, 3.63) is 59.2 Å². The molecule has 0 aliphatic heterocycles. The van der Waals surface area contributed by atoms with Crippen molar-refractivity contribution in [1.29, 1.82) is 0 Å². The van der Waals surface area contributed by atoms with E-state index in [2.05, 4.69) is 5.32 Å². The molecule has 0 spiro atoms. The summed E-state index contributed by atoms with van der Waals surface area (Å²) in [5.41, 5.74) is 1.23. The lowest BCUT2D eigenvalue weighted by molar-refractivity contribution is -0.137. The summed E-state index contributed by atoms with van der Waals surface area (Å²) >= 11 is 0. The number of nitrogens with zero attached hydrogens (tertiary/aromatic N) is 1. The number of amides is 2. The lowest BCUT2D eigenvalue weighted by atomic mass is 10.1. The van der Waals surface area contributed by atoms with E-state index in [-0.39, 0.29) is 25.4 Å². The van der Waals surface area contributed by atoms with Crippen LogP contribution < -0.4 is 10.1 Å². The lowest BCUT2D eigenvalue weighted by Crippen LogP contribution is -2.40. The normalized spacial score (nSPS) is 12.9. The fraction of sp³-hybridized carbons (Fsp3) is 0.364. The Bertz CT molecular complexity index is 928. The molecule has 2 amide bonds. The van der Waals surface area contributed by atoms with Gasteiger partial charge in [-0.25, -0.2) is 0 Å². The number of fused-ring (bicyclic) bond motifs is 1. The molecule has 0 atom stereocenters. The Hall–Kier alpha value is -3.03. The number of carbonyl (C=O) groups excluding carboxylic acids is 2. The molecule has 0 radical (unpaired) electrons.